The highest BCUT2D eigenvalue weighted by atomic mass is 32.2. The Morgan fingerprint density at radius 2 is 1.46 bits per heavy atom. The fourth-order valence-corrected chi connectivity index (χ4v) is 3.96. The van der Waals surface area contributed by atoms with Crippen LogP contribution in [0, 0.1) is 7.91 Å². The molecule has 0 amide bonds. The van der Waals surface area contributed by atoms with Gasteiger partial charge in [-0.1, -0.05) is 22.7 Å². The van der Waals surface area contributed by atoms with E-state index in [0.717, 1.165) is 8.68 Å². The molecule has 9 heteroatoms. The molecule has 4 nitrogen and oxygen atoms in total. The first-order valence-electron chi connectivity index (χ1n) is 3.03. The minimum atomic E-state index is 0.668. The molecule has 2 aromatic rings. The molecule has 0 aromatic carbocycles. The number of rotatable bonds is 2. The molecule has 0 unspecified atom stereocenters. The lowest BCUT2D eigenvalue weighted by atomic mass is 11.5. The van der Waals surface area contributed by atoms with Crippen molar-refractivity contribution >= 4 is 58.9 Å². The van der Waals surface area contributed by atoms with Crippen LogP contribution in [0.15, 0.2) is 8.68 Å². The SMILES string of the molecule is S=c1[nH]nc(Sc2n[nH]c(=S)s2)s1. The van der Waals surface area contributed by atoms with E-state index in [1.165, 1.54) is 34.4 Å². The zero-order valence-electron chi connectivity index (χ0n) is 5.94. The fourth-order valence-electron chi connectivity index (χ4n) is 0.594. The van der Waals surface area contributed by atoms with E-state index in [1.807, 2.05) is 0 Å². The molecule has 13 heavy (non-hydrogen) atoms. The largest absolute Gasteiger partial charge is 0.257 e. The number of nitrogens with zero attached hydrogens (tertiary/aromatic N) is 2. The maximum atomic E-state index is 4.90. The third kappa shape index (κ3) is 2.44. The molecule has 0 saturated heterocycles. The summed E-state index contributed by atoms with van der Waals surface area (Å²) < 4.78 is 3.04. The van der Waals surface area contributed by atoms with Crippen LogP contribution in [-0.4, -0.2) is 20.4 Å². The molecule has 0 aliphatic rings. The summed E-state index contributed by atoms with van der Waals surface area (Å²) in [6.45, 7) is 0. The second-order valence-electron chi connectivity index (χ2n) is 1.86. The third-order valence-corrected chi connectivity index (χ3v) is 4.31. The summed E-state index contributed by atoms with van der Waals surface area (Å²) in [5.74, 6) is 0. The van der Waals surface area contributed by atoms with Gasteiger partial charge in [-0.05, 0) is 36.2 Å². The standard InChI is InChI=1S/C4H2N4S5/c9-1-5-7-3(11-1)13-4-8-6-2(10)12-4/h(H,5,9)(H,6,10). The highest BCUT2D eigenvalue weighted by Gasteiger charge is 2.04. The number of nitrogens with one attached hydrogen (secondary N) is 2. The third-order valence-electron chi connectivity index (χ3n) is 1.01. The van der Waals surface area contributed by atoms with Crippen molar-refractivity contribution in [3.63, 3.8) is 0 Å². The zero-order valence-corrected chi connectivity index (χ0v) is 10.0. The van der Waals surface area contributed by atoms with Gasteiger partial charge in [-0.2, -0.15) is 10.2 Å². The van der Waals surface area contributed by atoms with E-state index in [-0.39, 0.29) is 0 Å². The van der Waals surface area contributed by atoms with Gasteiger partial charge in [0.1, 0.15) is 0 Å². The van der Waals surface area contributed by atoms with Gasteiger partial charge in [-0.25, -0.2) is 0 Å². The van der Waals surface area contributed by atoms with E-state index in [0.29, 0.717) is 7.91 Å². The lowest BCUT2D eigenvalue weighted by Crippen LogP contribution is -1.71. The molecule has 2 heterocycles. The van der Waals surface area contributed by atoms with Crippen molar-refractivity contribution in [3.8, 4) is 0 Å². The van der Waals surface area contributed by atoms with Crippen LogP contribution in [0.3, 0.4) is 0 Å². The molecule has 0 fully saturated rings. The zero-order chi connectivity index (χ0) is 9.26. The van der Waals surface area contributed by atoms with E-state index < -0.39 is 0 Å². The van der Waals surface area contributed by atoms with Crippen molar-refractivity contribution in [1.29, 1.82) is 0 Å². The fraction of sp³-hybridized carbons (Fsp3) is 0. The molecule has 2 N–H and O–H groups in total. The van der Waals surface area contributed by atoms with Crippen LogP contribution in [-0.2, 0) is 0 Å². The smallest absolute Gasteiger partial charge is 0.180 e. The molecule has 2 aromatic heterocycles. The van der Waals surface area contributed by atoms with Crippen LogP contribution in [0.1, 0.15) is 0 Å². The summed E-state index contributed by atoms with van der Waals surface area (Å²) in [4.78, 5) is 0. The lowest BCUT2D eigenvalue weighted by molar-refractivity contribution is 0.984. The van der Waals surface area contributed by atoms with Crippen molar-refractivity contribution < 1.29 is 0 Å². The summed E-state index contributed by atoms with van der Waals surface area (Å²) in [5.41, 5.74) is 0. The topological polar surface area (TPSA) is 57.4 Å². The van der Waals surface area contributed by atoms with Crippen molar-refractivity contribution in [2.75, 3.05) is 0 Å². The summed E-state index contributed by atoms with van der Waals surface area (Å²) in [5, 5.41) is 13.4. The highest BCUT2D eigenvalue weighted by molar-refractivity contribution is 8.02. The Balaban J connectivity index is 2.23. The molecular weight excluding hydrogens is 264 g/mol. The Labute approximate surface area is 95.4 Å². The van der Waals surface area contributed by atoms with Crippen LogP contribution >= 0.6 is 58.9 Å². The Kier molecular flexibility index (Phi) is 2.89. The van der Waals surface area contributed by atoms with Crippen molar-refractivity contribution in [1.82, 2.24) is 20.4 Å². The Morgan fingerprint density at radius 3 is 1.77 bits per heavy atom. The molecule has 0 bridgehead atoms. The van der Waals surface area contributed by atoms with E-state index in [4.69, 9.17) is 24.4 Å². The number of H-pyrrole nitrogens is 2. The number of hydrogen-bond donors (Lipinski definition) is 2. The molecule has 0 aliphatic carbocycles. The Bertz CT molecular complexity index is 456. The van der Waals surface area contributed by atoms with Gasteiger partial charge < -0.3 is 0 Å². The molecule has 0 atom stereocenters. The van der Waals surface area contributed by atoms with E-state index >= 15 is 0 Å². The van der Waals surface area contributed by atoms with Gasteiger partial charge in [-0.3, -0.25) is 10.2 Å². The molecule has 2 rings (SSSR count). The lowest BCUT2D eigenvalue weighted by Gasteiger charge is -1.84. The first-order valence-corrected chi connectivity index (χ1v) is 6.29. The van der Waals surface area contributed by atoms with E-state index in [2.05, 4.69) is 20.4 Å². The predicted octanol–water partition coefficient (Wildman–Crippen LogP) is 2.87. The van der Waals surface area contributed by atoms with Gasteiger partial charge in [-0.15, -0.1) is 0 Å². The van der Waals surface area contributed by atoms with Gasteiger partial charge in [0.05, 0.1) is 0 Å². The molecule has 0 spiro atoms. The van der Waals surface area contributed by atoms with Gasteiger partial charge in [0.15, 0.2) is 16.6 Å². The summed E-state index contributed by atoms with van der Waals surface area (Å²) in [6, 6.07) is 0. The van der Waals surface area contributed by atoms with Gasteiger partial charge in [0.2, 0.25) is 0 Å². The summed E-state index contributed by atoms with van der Waals surface area (Å²) >= 11 is 14.1. The van der Waals surface area contributed by atoms with Crippen LogP contribution in [0.25, 0.3) is 0 Å². The van der Waals surface area contributed by atoms with Gasteiger partial charge >= 0.3 is 0 Å². The van der Waals surface area contributed by atoms with E-state index in [9.17, 15) is 0 Å². The quantitative estimate of drug-likeness (QED) is 0.819. The first kappa shape index (κ1) is 9.46. The average Bonchev–Trinajstić information content (AvgIpc) is 2.62. The van der Waals surface area contributed by atoms with Crippen LogP contribution in [0.5, 0.6) is 0 Å². The number of aromatic amines is 2. The van der Waals surface area contributed by atoms with Crippen molar-refractivity contribution in [2.24, 2.45) is 0 Å². The molecule has 0 aliphatic heterocycles. The summed E-state index contributed by atoms with van der Waals surface area (Å²) in [6.07, 6.45) is 0. The van der Waals surface area contributed by atoms with E-state index in [1.54, 1.807) is 0 Å². The second kappa shape index (κ2) is 3.96. The number of aromatic nitrogens is 4. The molecule has 0 radical (unpaired) electrons. The molecular formula is C4H2N4S5. The second-order valence-corrected chi connectivity index (χ2v) is 6.69. The van der Waals surface area contributed by atoms with Crippen molar-refractivity contribution in [3.05, 3.63) is 7.91 Å². The molecule has 0 saturated carbocycles. The van der Waals surface area contributed by atoms with Crippen LogP contribution in [0.2, 0.25) is 0 Å². The first-order chi connectivity index (χ1) is 6.24. The van der Waals surface area contributed by atoms with Crippen molar-refractivity contribution in [2.45, 2.75) is 8.68 Å². The monoisotopic (exact) mass is 266 g/mol. The minimum absolute atomic E-state index is 0.668. The molecule has 68 valence electrons. The van der Waals surface area contributed by atoms with Crippen LogP contribution in [0.4, 0.5) is 0 Å². The summed E-state index contributed by atoms with van der Waals surface area (Å²) in [7, 11) is 0. The Hall–Kier alpha value is -0.0900. The van der Waals surface area contributed by atoms with Gasteiger partial charge in [0, 0.05) is 0 Å². The minimum Gasteiger partial charge on any atom is -0.257 e. The van der Waals surface area contributed by atoms with Crippen LogP contribution < -0.4 is 0 Å². The number of hydrogen-bond acceptors (Lipinski definition) is 7. The normalized spacial score (nSPS) is 10.5. The predicted molar refractivity (Wildman–Crippen MR) is 58.7 cm³/mol. The van der Waals surface area contributed by atoms with Gasteiger partial charge in [0.25, 0.3) is 0 Å². The Morgan fingerprint density at radius 1 is 1.00 bits per heavy atom. The highest BCUT2D eigenvalue weighted by Crippen LogP contribution is 2.29. The maximum Gasteiger partial charge on any atom is 0.180 e. The maximum absolute atomic E-state index is 4.90. The average molecular weight is 266 g/mol.